The molecule has 0 saturated carbocycles. The van der Waals surface area contributed by atoms with E-state index in [1.807, 2.05) is 0 Å². The first-order valence-electron chi connectivity index (χ1n) is 6.27. The summed E-state index contributed by atoms with van der Waals surface area (Å²) in [4.78, 5) is 2.26. The van der Waals surface area contributed by atoms with Gasteiger partial charge >= 0.3 is 0 Å². The Bertz CT molecular complexity index is 333. The maximum atomic E-state index is 5.78. The van der Waals surface area contributed by atoms with E-state index in [0.29, 0.717) is 12.0 Å². The van der Waals surface area contributed by atoms with Crippen LogP contribution in [0.3, 0.4) is 0 Å². The molecular formula is C14H20ClNO. The summed E-state index contributed by atoms with van der Waals surface area (Å²) in [5.74, 6) is 0.579. The zero-order chi connectivity index (χ0) is 12.1. The minimum atomic E-state index is 0.390. The van der Waals surface area contributed by atoms with Gasteiger partial charge in [0.15, 0.2) is 0 Å². The maximum absolute atomic E-state index is 5.78. The van der Waals surface area contributed by atoms with E-state index in [-0.39, 0.29) is 0 Å². The second-order valence-electron chi connectivity index (χ2n) is 4.67. The van der Waals surface area contributed by atoms with Gasteiger partial charge in [-0.1, -0.05) is 12.1 Å². The quantitative estimate of drug-likeness (QED) is 0.763. The minimum absolute atomic E-state index is 0.390. The highest BCUT2D eigenvalue weighted by Crippen LogP contribution is 2.19. The summed E-state index contributed by atoms with van der Waals surface area (Å²) in [6.45, 7) is 1.89. The van der Waals surface area contributed by atoms with Gasteiger partial charge in [-0.05, 0) is 37.0 Å². The molecule has 3 heteroatoms. The molecule has 0 radical (unpaired) electrons. The Kier molecular flexibility index (Phi) is 4.69. The average molecular weight is 254 g/mol. The van der Waals surface area contributed by atoms with Crippen molar-refractivity contribution >= 4 is 17.3 Å². The van der Waals surface area contributed by atoms with Crippen molar-refractivity contribution in [3.8, 4) is 0 Å². The van der Waals surface area contributed by atoms with Crippen LogP contribution in [0, 0.1) is 0 Å². The van der Waals surface area contributed by atoms with Crippen LogP contribution in [0.15, 0.2) is 24.3 Å². The lowest BCUT2D eigenvalue weighted by atomic mass is 10.1. The summed E-state index contributed by atoms with van der Waals surface area (Å²) in [5, 5.41) is 0. The van der Waals surface area contributed by atoms with Gasteiger partial charge in [0.2, 0.25) is 0 Å². The number of nitrogens with zero attached hydrogens (tertiary/aromatic N) is 1. The average Bonchev–Trinajstić information content (AvgIpc) is 2.40. The Morgan fingerprint density at radius 3 is 2.65 bits per heavy atom. The number of anilines is 1. The number of rotatable bonds is 4. The third-order valence-corrected chi connectivity index (χ3v) is 3.59. The summed E-state index contributed by atoms with van der Waals surface area (Å²) < 4.78 is 5.75. The molecule has 0 bridgehead atoms. The predicted octanol–water partition coefficient (Wildman–Crippen LogP) is 3.43. The molecule has 1 aliphatic heterocycles. The van der Waals surface area contributed by atoms with Gasteiger partial charge in [-0.3, -0.25) is 0 Å². The number of alkyl halides is 1. The van der Waals surface area contributed by atoms with Crippen LogP contribution < -0.4 is 4.90 Å². The summed E-state index contributed by atoms with van der Waals surface area (Å²) >= 11 is 5.78. The van der Waals surface area contributed by atoms with E-state index >= 15 is 0 Å². The van der Waals surface area contributed by atoms with Crippen molar-refractivity contribution in [3.05, 3.63) is 29.8 Å². The molecule has 2 nitrogen and oxygen atoms in total. The lowest BCUT2D eigenvalue weighted by molar-refractivity contribution is 0.0216. The Morgan fingerprint density at radius 1 is 1.29 bits per heavy atom. The molecule has 1 aliphatic rings. The molecule has 2 rings (SSSR count). The van der Waals surface area contributed by atoms with Crippen molar-refractivity contribution in [2.75, 3.05) is 25.1 Å². The van der Waals surface area contributed by atoms with Crippen LogP contribution in [0.1, 0.15) is 24.8 Å². The first-order chi connectivity index (χ1) is 8.29. The minimum Gasteiger partial charge on any atom is -0.376 e. The van der Waals surface area contributed by atoms with Crippen LogP contribution in [0.5, 0.6) is 0 Å². The molecule has 1 aromatic carbocycles. The van der Waals surface area contributed by atoms with E-state index in [2.05, 4.69) is 36.2 Å². The van der Waals surface area contributed by atoms with Crippen LogP contribution in [-0.2, 0) is 10.6 Å². The van der Waals surface area contributed by atoms with E-state index < -0.39 is 0 Å². The fourth-order valence-electron chi connectivity index (χ4n) is 2.20. The molecule has 1 atom stereocenters. The lowest BCUT2D eigenvalue weighted by Gasteiger charge is -2.28. The van der Waals surface area contributed by atoms with E-state index in [9.17, 15) is 0 Å². The van der Waals surface area contributed by atoms with Gasteiger partial charge in [0, 0.05) is 31.8 Å². The fourth-order valence-corrected chi connectivity index (χ4v) is 2.38. The second-order valence-corrected chi connectivity index (χ2v) is 4.94. The van der Waals surface area contributed by atoms with Gasteiger partial charge in [0.05, 0.1) is 6.10 Å². The monoisotopic (exact) mass is 253 g/mol. The molecule has 1 saturated heterocycles. The van der Waals surface area contributed by atoms with E-state index in [0.717, 1.165) is 18.7 Å². The van der Waals surface area contributed by atoms with Crippen molar-refractivity contribution in [3.63, 3.8) is 0 Å². The molecule has 0 spiro atoms. The zero-order valence-electron chi connectivity index (χ0n) is 10.4. The van der Waals surface area contributed by atoms with Gasteiger partial charge in [0.25, 0.3) is 0 Å². The first-order valence-corrected chi connectivity index (χ1v) is 6.80. The van der Waals surface area contributed by atoms with Crippen molar-refractivity contribution in [1.29, 1.82) is 0 Å². The number of hydrogen-bond acceptors (Lipinski definition) is 2. The number of benzene rings is 1. The molecule has 0 amide bonds. The molecule has 1 aromatic rings. The Balaban J connectivity index is 1.91. The van der Waals surface area contributed by atoms with Gasteiger partial charge in [-0.2, -0.15) is 0 Å². The highest BCUT2D eigenvalue weighted by atomic mass is 35.5. The normalized spacial score (nSPS) is 20.2. The van der Waals surface area contributed by atoms with Crippen molar-refractivity contribution in [2.24, 2.45) is 0 Å². The van der Waals surface area contributed by atoms with Crippen molar-refractivity contribution in [1.82, 2.24) is 0 Å². The van der Waals surface area contributed by atoms with Crippen LogP contribution in [0.2, 0.25) is 0 Å². The predicted molar refractivity (Wildman–Crippen MR) is 72.9 cm³/mol. The zero-order valence-corrected chi connectivity index (χ0v) is 11.1. The van der Waals surface area contributed by atoms with Gasteiger partial charge < -0.3 is 9.64 Å². The number of halogens is 1. The fraction of sp³-hybridized carbons (Fsp3) is 0.571. The van der Waals surface area contributed by atoms with Crippen LogP contribution in [0.25, 0.3) is 0 Å². The maximum Gasteiger partial charge on any atom is 0.0749 e. The van der Waals surface area contributed by atoms with Gasteiger partial charge in [0.1, 0.15) is 0 Å². The van der Waals surface area contributed by atoms with Gasteiger partial charge in [-0.25, -0.2) is 0 Å². The number of likely N-dealkylation sites (N-methyl/N-ethyl adjacent to an activating group) is 1. The molecule has 17 heavy (non-hydrogen) atoms. The highest BCUT2D eigenvalue weighted by Gasteiger charge is 2.15. The molecule has 1 unspecified atom stereocenters. The van der Waals surface area contributed by atoms with Crippen LogP contribution >= 0.6 is 11.6 Å². The molecule has 1 heterocycles. The Hall–Kier alpha value is -0.730. The molecule has 94 valence electrons. The standard InChI is InChI=1S/C14H20ClNO/c1-16(11-14-4-2-3-9-17-14)13-7-5-12(10-15)6-8-13/h5-8,14H,2-4,9-11H2,1H3. The molecule has 0 aromatic heterocycles. The first kappa shape index (κ1) is 12.7. The van der Waals surface area contributed by atoms with Crippen LogP contribution in [-0.4, -0.2) is 26.3 Å². The Labute approximate surface area is 109 Å². The molecule has 0 N–H and O–H groups in total. The third kappa shape index (κ3) is 3.62. The van der Waals surface area contributed by atoms with E-state index in [4.69, 9.17) is 16.3 Å². The van der Waals surface area contributed by atoms with E-state index in [1.165, 1.54) is 24.9 Å². The summed E-state index contributed by atoms with van der Waals surface area (Å²) in [6, 6.07) is 8.42. The van der Waals surface area contributed by atoms with Crippen LogP contribution in [0.4, 0.5) is 5.69 Å². The largest absolute Gasteiger partial charge is 0.376 e. The number of hydrogen-bond donors (Lipinski definition) is 0. The smallest absolute Gasteiger partial charge is 0.0749 e. The van der Waals surface area contributed by atoms with Crippen molar-refractivity contribution < 1.29 is 4.74 Å². The third-order valence-electron chi connectivity index (χ3n) is 3.28. The topological polar surface area (TPSA) is 12.5 Å². The molecule has 1 fully saturated rings. The SMILES string of the molecule is CN(CC1CCCCO1)c1ccc(CCl)cc1. The van der Waals surface area contributed by atoms with E-state index in [1.54, 1.807) is 0 Å². The molecule has 0 aliphatic carbocycles. The summed E-state index contributed by atoms with van der Waals surface area (Å²) in [6.07, 6.45) is 4.08. The second kappa shape index (κ2) is 6.27. The van der Waals surface area contributed by atoms with Crippen molar-refractivity contribution in [2.45, 2.75) is 31.2 Å². The lowest BCUT2D eigenvalue weighted by Crippen LogP contribution is -2.33. The molecular weight excluding hydrogens is 234 g/mol. The Morgan fingerprint density at radius 2 is 2.06 bits per heavy atom. The summed E-state index contributed by atoms with van der Waals surface area (Å²) in [7, 11) is 2.12. The highest BCUT2D eigenvalue weighted by molar-refractivity contribution is 6.17. The number of ether oxygens (including phenoxy) is 1. The van der Waals surface area contributed by atoms with Gasteiger partial charge in [-0.15, -0.1) is 11.6 Å². The summed E-state index contributed by atoms with van der Waals surface area (Å²) in [5.41, 5.74) is 2.39.